The van der Waals surface area contributed by atoms with E-state index in [1.165, 1.54) is 0 Å². The van der Waals surface area contributed by atoms with Gasteiger partial charge in [0, 0.05) is 6.42 Å². The minimum atomic E-state index is -5.63. The molecule has 2 fully saturated rings. The molecule has 0 saturated heterocycles. The SMILES string of the molecule is FC1C(F)(F)CCCC1(F)COC1(F)C(F)C(F)(F)C1(F)F. The molecule has 0 aliphatic heterocycles. The lowest BCUT2D eigenvalue weighted by molar-refractivity contribution is -0.467. The van der Waals surface area contributed by atoms with E-state index in [4.69, 9.17) is 0 Å². The van der Waals surface area contributed by atoms with E-state index < -0.39 is 67.5 Å². The Kier molecular flexibility index (Phi) is 3.71. The van der Waals surface area contributed by atoms with Gasteiger partial charge in [0.15, 0.2) is 11.8 Å². The van der Waals surface area contributed by atoms with Crippen LogP contribution in [0.15, 0.2) is 0 Å². The Balaban J connectivity index is 2.13. The topological polar surface area (TPSA) is 9.23 Å². The van der Waals surface area contributed by atoms with E-state index in [0.29, 0.717) is 0 Å². The summed E-state index contributed by atoms with van der Waals surface area (Å²) in [4.78, 5) is 0. The van der Waals surface area contributed by atoms with Crippen LogP contribution in [0.2, 0.25) is 0 Å². The van der Waals surface area contributed by atoms with E-state index in [1.807, 2.05) is 0 Å². The maximum atomic E-state index is 14.0. The van der Waals surface area contributed by atoms with Gasteiger partial charge in [0.2, 0.25) is 6.17 Å². The van der Waals surface area contributed by atoms with E-state index >= 15 is 0 Å². The average molecular weight is 348 g/mol. The lowest BCUT2D eigenvalue weighted by Gasteiger charge is -2.51. The van der Waals surface area contributed by atoms with Crippen LogP contribution in [0, 0.1) is 0 Å². The zero-order valence-corrected chi connectivity index (χ0v) is 10.7. The molecule has 0 amide bonds. The number of hydrogen-bond donors (Lipinski definition) is 0. The van der Waals surface area contributed by atoms with Gasteiger partial charge in [-0.25, -0.2) is 26.3 Å². The molecule has 1 nitrogen and oxygen atoms in total. The fraction of sp³-hybridized carbons (Fsp3) is 1.00. The van der Waals surface area contributed by atoms with Crippen LogP contribution in [0.3, 0.4) is 0 Å². The molecule has 0 bridgehead atoms. The van der Waals surface area contributed by atoms with Crippen LogP contribution in [-0.2, 0) is 4.74 Å². The van der Waals surface area contributed by atoms with Crippen molar-refractivity contribution >= 4 is 0 Å². The molecule has 2 saturated carbocycles. The first kappa shape index (κ1) is 17.6. The Morgan fingerprint density at radius 3 is 1.86 bits per heavy atom. The first-order valence-electron chi connectivity index (χ1n) is 6.16. The highest BCUT2D eigenvalue weighted by Gasteiger charge is 2.91. The standard InChI is InChI=1S/C11H10F10O/c12-5-7(14,2-1-3-8(5,15)16)4-22-10(19)6(13)9(17,18)11(10,20)21/h5-6H,1-4H2. The van der Waals surface area contributed by atoms with Crippen molar-refractivity contribution in [2.24, 2.45) is 0 Å². The van der Waals surface area contributed by atoms with E-state index in [0.717, 1.165) is 0 Å². The van der Waals surface area contributed by atoms with E-state index in [2.05, 4.69) is 4.74 Å². The summed E-state index contributed by atoms with van der Waals surface area (Å²) in [6.07, 6.45) is -10.2. The monoisotopic (exact) mass is 348 g/mol. The van der Waals surface area contributed by atoms with Crippen molar-refractivity contribution in [2.75, 3.05) is 6.61 Å². The lowest BCUT2D eigenvalue weighted by atomic mass is 9.79. The number of halogens is 10. The summed E-state index contributed by atoms with van der Waals surface area (Å²) in [6.45, 7) is -2.04. The molecule has 4 unspecified atom stereocenters. The van der Waals surface area contributed by atoms with Crippen LogP contribution in [0.25, 0.3) is 0 Å². The van der Waals surface area contributed by atoms with Gasteiger partial charge in [-0.05, 0) is 12.8 Å². The first-order valence-corrected chi connectivity index (χ1v) is 6.16. The molecule has 0 radical (unpaired) electrons. The molecule has 0 aromatic carbocycles. The van der Waals surface area contributed by atoms with Crippen LogP contribution >= 0.6 is 0 Å². The Labute approximate surface area is 117 Å². The molecule has 0 aromatic heterocycles. The Morgan fingerprint density at radius 1 is 0.818 bits per heavy atom. The van der Waals surface area contributed by atoms with Gasteiger partial charge in [0.05, 0.1) is 6.61 Å². The fourth-order valence-electron chi connectivity index (χ4n) is 2.48. The van der Waals surface area contributed by atoms with Crippen LogP contribution in [0.4, 0.5) is 43.9 Å². The van der Waals surface area contributed by atoms with Crippen molar-refractivity contribution in [1.29, 1.82) is 0 Å². The van der Waals surface area contributed by atoms with Gasteiger partial charge < -0.3 is 4.74 Å². The van der Waals surface area contributed by atoms with Crippen LogP contribution in [-0.4, -0.2) is 48.2 Å². The van der Waals surface area contributed by atoms with Gasteiger partial charge in [-0.2, -0.15) is 17.6 Å². The highest BCUT2D eigenvalue weighted by atomic mass is 19.3. The predicted octanol–water partition coefficient (Wildman–Crippen LogP) is 4.16. The molecular weight excluding hydrogens is 338 g/mol. The van der Waals surface area contributed by atoms with Gasteiger partial charge >= 0.3 is 17.7 Å². The van der Waals surface area contributed by atoms with Crippen molar-refractivity contribution in [2.45, 2.75) is 60.9 Å². The van der Waals surface area contributed by atoms with Gasteiger partial charge in [0.25, 0.3) is 5.92 Å². The summed E-state index contributed by atoms with van der Waals surface area (Å²) in [5, 5.41) is 0. The minimum Gasteiger partial charge on any atom is -0.335 e. The second-order valence-corrected chi connectivity index (χ2v) is 5.51. The van der Waals surface area contributed by atoms with Crippen molar-refractivity contribution in [3.8, 4) is 0 Å². The van der Waals surface area contributed by atoms with Crippen molar-refractivity contribution in [3.05, 3.63) is 0 Å². The maximum absolute atomic E-state index is 14.0. The summed E-state index contributed by atoms with van der Waals surface area (Å²) >= 11 is 0. The average Bonchev–Trinajstić information content (AvgIpc) is 2.40. The summed E-state index contributed by atoms with van der Waals surface area (Å²) in [7, 11) is 0. The molecule has 0 spiro atoms. The molecule has 2 aliphatic rings. The predicted molar refractivity (Wildman–Crippen MR) is 52.1 cm³/mol. The van der Waals surface area contributed by atoms with Gasteiger partial charge in [-0.1, -0.05) is 0 Å². The lowest BCUT2D eigenvalue weighted by Crippen LogP contribution is -2.80. The third kappa shape index (κ3) is 2.03. The third-order valence-electron chi connectivity index (χ3n) is 3.94. The number of alkyl halides is 10. The summed E-state index contributed by atoms with van der Waals surface area (Å²) in [5.41, 5.74) is -3.58. The first-order chi connectivity index (χ1) is 9.72. The number of rotatable bonds is 3. The fourth-order valence-corrected chi connectivity index (χ4v) is 2.48. The van der Waals surface area contributed by atoms with E-state index in [1.54, 1.807) is 0 Å². The van der Waals surface area contributed by atoms with E-state index in [9.17, 15) is 43.9 Å². The zero-order valence-electron chi connectivity index (χ0n) is 10.7. The largest absolute Gasteiger partial charge is 0.373 e. The van der Waals surface area contributed by atoms with Crippen LogP contribution < -0.4 is 0 Å². The summed E-state index contributed by atoms with van der Waals surface area (Å²) < 4.78 is 134. The second kappa shape index (κ2) is 4.64. The summed E-state index contributed by atoms with van der Waals surface area (Å²) in [6, 6.07) is 0. The maximum Gasteiger partial charge on any atom is 0.373 e. The minimum absolute atomic E-state index is 0.571. The molecule has 11 heteroatoms. The Morgan fingerprint density at radius 2 is 1.36 bits per heavy atom. The van der Waals surface area contributed by atoms with Crippen molar-refractivity contribution in [3.63, 3.8) is 0 Å². The molecule has 0 aromatic rings. The molecule has 0 N–H and O–H groups in total. The molecule has 22 heavy (non-hydrogen) atoms. The highest BCUT2D eigenvalue weighted by molar-refractivity contribution is 5.18. The summed E-state index contributed by atoms with van der Waals surface area (Å²) in [5.74, 6) is -20.1. The second-order valence-electron chi connectivity index (χ2n) is 5.51. The van der Waals surface area contributed by atoms with Gasteiger partial charge in [-0.15, -0.1) is 0 Å². The quantitative estimate of drug-likeness (QED) is 0.696. The molecule has 130 valence electrons. The molecule has 2 aliphatic carbocycles. The van der Waals surface area contributed by atoms with Crippen molar-refractivity contribution < 1.29 is 48.6 Å². The Bertz CT molecular complexity index is 454. The van der Waals surface area contributed by atoms with Crippen molar-refractivity contribution in [1.82, 2.24) is 0 Å². The highest BCUT2D eigenvalue weighted by Crippen LogP contribution is 2.62. The van der Waals surface area contributed by atoms with Gasteiger partial charge in [0.1, 0.15) is 0 Å². The van der Waals surface area contributed by atoms with Crippen LogP contribution in [0.1, 0.15) is 19.3 Å². The molecule has 0 heterocycles. The normalized spacial score (nSPS) is 46.1. The number of ether oxygens (including phenoxy) is 1. The smallest absolute Gasteiger partial charge is 0.335 e. The zero-order chi connectivity index (χ0) is 17.2. The molecular formula is C11H10F10O. The van der Waals surface area contributed by atoms with Gasteiger partial charge in [-0.3, -0.25) is 0 Å². The Hall–Kier alpha value is -0.740. The molecule has 4 atom stereocenters. The molecule has 2 rings (SSSR count). The van der Waals surface area contributed by atoms with E-state index in [-0.39, 0.29) is 0 Å². The number of hydrogen-bond acceptors (Lipinski definition) is 1. The third-order valence-corrected chi connectivity index (χ3v) is 3.94. The van der Waals surface area contributed by atoms with Crippen LogP contribution in [0.5, 0.6) is 0 Å².